The predicted octanol–water partition coefficient (Wildman–Crippen LogP) is 1.38. The molecule has 0 unspecified atom stereocenters. The lowest BCUT2D eigenvalue weighted by Crippen LogP contribution is -2.43. The van der Waals surface area contributed by atoms with E-state index in [1.165, 1.54) is 32.1 Å². The molecule has 2 amide bonds. The molecule has 2 fully saturated rings. The predicted molar refractivity (Wildman–Crippen MR) is 95.1 cm³/mol. The lowest BCUT2D eigenvalue weighted by atomic mass is 9.89. The van der Waals surface area contributed by atoms with Crippen LogP contribution in [-0.2, 0) is 4.79 Å². The number of nitrogens with zero attached hydrogens (tertiary/aromatic N) is 2. The van der Waals surface area contributed by atoms with Gasteiger partial charge >= 0.3 is 0 Å². The lowest BCUT2D eigenvalue weighted by Gasteiger charge is -2.31. The van der Waals surface area contributed by atoms with Crippen LogP contribution in [0.15, 0.2) is 6.07 Å². The molecule has 0 spiro atoms. The number of nitrogens with two attached hydrogens (primary N) is 1. The van der Waals surface area contributed by atoms with Gasteiger partial charge in [0.05, 0.1) is 6.54 Å². The molecule has 0 bridgehead atoms. The Morgan fingerprint density at radius 1 is 1.24 bits per heavy atom. The Labute approximate surface area is 148 Å². The van der Waals surface area contributed by atoms with Crippen LogP contribution in [0.4, 0.5) is 0 Å². The van der Waals surface area contributed by atoms with E-state index in [0.717, 1.165) is 38.2 Å². The van der Waals surface area contributed by atoms with E-state index in [9.17, 15) is 9.59 Å². The van der Waals surface area contributed by atoms with Gasteiger partial charge in [0.2, 0.25) is 5.91 Å². The Morgan fingerprint density at radius 3 is 2.76 bits per heavy atom. The molecule has 1 aromatic rings. The fraction of sp³-hybridized carbons (Fsp3) is 0.722. The summed E-state index contributed by atoms with van der Waals surface area (Å²) in [4.78, 5) is 25.6. The molecule has 0 aromatic carbocycles. The summed E-state index contributed by atoms with van der Waals surface area (Å²) in [5, 5.41) is 9.99. The van der Waals surface area contributed by atoms with Gasteiger partial charge in [-0.05, 0) is 44.2 Å². The van der Waals surface area contributed by atoms with E-state index in [1.54, 1.807) is 6.07 Å². The number of aromatic nitrogens is 2. The molecule has 2 aliphatic rings. The molecule has 138 valence electrons. The van der Waals surface area contributed by atoms with Gasteiger partial charge in [-0.25, -0.2) is 0 Å². The highest BCUT2D eigenvalue weighted by molar-refractivity contribution is 5.90. The molecule has 0 radical (unpaired) electrons. The Bertz CT molecular complexity index is 594. The van der Waals surface area contributed by atoms with Crippen molar-refractivity contribution in [3.05, 3.63) is 17.5 Å². The number of amides is 2. The first-order valence-corrected chi connectivity index (χ1v) is 9.46. The zero-order valence-corrected chi connectivity index (χ0v) is 14.8. The molecular weight excluding hydrogens is 318 g/mol. The van der Waals surface area contributed by atoms with Crippen molar-refractivity contribution in [1.29, 1.82) is 0 Å². The summed E-state index contributed by atoms with van der Waals surface area (Å²) in [6.45, 7) is 3.00. The molecule has 2 heterocycles. The summed E-state index contributed by atoms with van der Waals surface area (Å²) in [6.07, 6.45) is 8.48. The van der Waals surface area contributed by atoms with Crippen molar-refractivity contribution in [2.45, 2.75) is 50.9 Å². The fourth-order valence-corrected chi connectivity index (χ4v) is 4.03. The van der Waals surface area contributed by atoms with Crippen LogP contribution in [0.1, 0.15) is 67.0 Å². The van der Waals surface area contributed by atoms with Crippen molar-refractivity contribution in [2.24, 2.45) is 11.7 Å². The van der Waals surface area contributed by atoms with Crippen molar-refractivity contribution in [3.8, 4) is 0 Å². The normalized spacial score (nSPS) is 22.6. The third-order valence-corrected chi connectivity index (χ3v) is 5.48. The maximum atomic E-state index is 12.3. The van der Waals surface area contributed by atoms with Crippen molar-refractivity contribution < 1.29 is 9.59 Å². The van der Waals surface area contributed by atoms with Crippen LogP contribution in [0.5, 0.6) is 0 Å². The standard InChI is InChI=1S/C18H29N5O2/c19-18(25)16-9-15(21-22-16)14-7-4-8-23(11-14)12-17(24)20-10-13-5-2-1-3-6-13/h9,13-14H,1-8,10-12H2,(H2,19,25)(H,20,24)(H,21,22)/t14-/m1/s1. The Hall–Kier alpha value is -1.89. The molecule has 1 saturated carbocycles. The number of hydrogen-bond acceptors (Lipinski definition) is 4. The SMILES string of the molecule is NC(=O)c1cc([C@@H]2CCCN(CC(=O)NCC3CCCCC3)C2)[nH]n1. The van der Waals surface area contributed by atoms with Gasteiger partial charge in [-0.1, -0.05) is 19.3 Å². The highest BCUT2D eigenvalue weighted by Gasteiger charge is 2.25. The van der Waals surface area contributed by atoms with Crippen LogP contribution < -0.4 is 11.1 Å². The van der Waals surface area contributed by atoms with Gasteiger partial charge in [-0.3, -0.25) is 19.6 Å². The summed E-state index contributed by atoms with van der Waals surface area (Å²) in [7, 11) is 0. The molecule has 7 nitrogen and oxygen atoms in total. The van der Waals surface area contributed by atoms with Gasteiger partial charge in [0.1, 0.15) is 5.69 Å². The number of primary amides is 1. The van der Waals surface area contributed by atoms with Crippen LogP contribution in [0, 0.1) is 5.92 Å². The molecule has 1 aliphatic heterocycles. The van der Waals surface area contributed by atoms with Crippen LogP contribution in [-0.4, -0.2) is 53.1 Å². The van der Waals surface area contributed by atoms with E-state index in [1.807, 2.05) is 0 Å². The molecule has 1 atom stereocenters. The maximum absolute atomic E-state index is 12.3. The zero-order valence-electron chi connectivity index (χ0n) is 14.8. The molecule has 1 aromatic heterocycles. The topological polar surface area (TPSA) is 104 Å². The fourth-order valence-electron chi connectivity index (χ4n) is 4.03. The number of aromatic amines is 1. The zero-order chi connectivity index (χ0) is 17.6. The maximum Gasteiger partial charge on any atom is 0.269 e. The second kappa shape index (κ2) is 8.47. The molecule has 7 heteroatoms. The monoisotopic (exact) mass is 347 g/mol. The van der Waals surface area contributed by atoms with Gasteiger partial charge in [0.25, 0.3) is 5.91 Å². The van der Waals surface area contributed by atoms with Crippen molar-refractivity contribution in [3.63, 3.8) is 0 Å². The second-order valence-corrected chi connectivity index (χ2v) is 7.46. The van der Waals surface area contributed by atoms with E-state index in [4.69, 9.17) is 5.73 Å². The Kier molecular flexibility index (Phi) is 6.07. The third-order valence-electron chi connectivity index (χ3n) is 5.48. The molecule has 4 N–H and O–H groups in total. The molecule has 3 rings (SSSR count). The quantitative estimate of drug-likeness (QED) is 0.723. The first-order valence-electron chi connectivity index (χ1n) is 9.46. The summed E-state index contributed by atoms with van der Waals surface area (Å²) in [5.74, 6) is 0.524. The number of H-pyrrole nitrogens is 1. The van der Waals surface area contributed by atoms with Crippen LogP contribution in [0.25, 0.3) is 0 Å². The van der Waals surface area contributed by atoms with E-state index in [2.05, 4.69) is 20.4 Å². The summed E-state index contributed by atoms with van der Waals surface area (Å²) >= 11 is 0. The highest BCUT2D eigenvalue weighted by Crippen LogP contribution is 2.26. The Balaban J connectivity index is 1.45. The van der Waals surface area contributed by atoms with Gasteiger partial charge in [0.15, 0.2) is 0 Å². The molecule has 1 aliphatic carbocycles. The van der Waals surface area contributed by atoms with Crippen LogP contribution >= 0.6 is 0 Å². The minimum atomic E-state index is -0.516. The molecular formula is C18H29N5O2. The number of piperidine rings is 1. The number of likely N-dealkylation sites (tertiary alicyclic amines) is 1. The van der Waals surface area contributed by atoms with E-state index in [-0.39, 0.29) is 17.5 Å². The van der Waals surface area contributed by atoms with Crippen LogP contribution in [0.3, 0.4) is 0 Å². The first-order chi connectivity index (χ1) is 12.1. The Morgan fingerprint density at radius 2 is 2.04 bits per heavy atom. The molecule has 1 saturated heterocycles. The van der Waals surface area contributed by atoms with Gasteiger partial charge in [0, 0.05) is 24.7 Å². The largest absolute Gasteiger partial charge is 0.364 e. The second-order valence-electron chi connectivity index (χ2n) is 7.46. The summed E-state index contributed by atoms with van der Waals surface area (Å²) < 4.78 is 0. The number of carbonyl (C=O) groups excluding carboxylic acids is 2. The number of nitrogens with one attached hydrogen (secondary N) is 2. The smallest absolute Gasteiger partial charge is 0.269 e. The van der Waals surface area contributed by atoms with Crippen molar-refractivity contribution in [1.82, 2.24) is 20.4 Å². The minimum absolute atomic E-state index is 0.119. The van der Waals surface area contributed by atoms with E-state index in [0.29, 0.717) is 12.5 Å². The van der Waals surface area contributed by atoms with Gasteiger partial charge in [-0.2, -0.15) is 5.10 Å². The van der Waals surface area contributed by atoms with Gasteiger partial charge in [-0.15, -0.1) is 0 Å². The first kappa shape index (κ1) is 17.9. The van der Waals surface area contributed by atoms with Crippen molar-refractivity contribution in [2.75, 3.05) is 26.2 Å². The van der Waals surface area contributed by atoms with E-state index < -0.39 is 5.91 Å². The van der Waals surface area contributed by atoms with Crippen molar-refractivity contribution >= 4 is 11.8 Å². The van der Waals surface area contributed by atoms with Gasteiger partial charge < -0.3 is 11.1 Å². The minimum Gasteiger partial charge on any atom is -0.364 e. The highest BCUT2D eigenvalue weighted by atomic mass is 16.2. The average molecular weight is 347 g/mol. The lowest BCUT2D eigenvalue weighted by molar-refractivity contribution is -0.122. The summed E-state index contributed by atoms with van der Waals surface area (Å²) in [6, 6.07) is 1.74. The number of rotatable bonds is 6. The summed E-state index contributed by atoms with van der Waals surface area (Å²) in [5.41, 5.74) is 6.47. The molecule has 25 heavy (non-hydrogen) atoms. The third kappa shape index (κ3) is 5.04. The number of hydrogen-bond donors (Lipinski definition) is 3. The number of carbonyl (C=O) groups is 2. The average Bonchev–Trinajstić information content (AvgIpc) is 3.12. The van der Waals surface area contributed by atoms with E-state index >= 15 is 0 Å². The van der Waals surface area contributed by atoms with Crippen LogP contribution in [0.2, 0.25) is 0 Å².